The molecule has 0 radical (unpaired) electrons. The molecule has 0 unspecified atom stereocenters. The number of amides is 1. The van der Waals surface area contributed by atoms with Gasteiger partial charge in [-0.25, -0.2) is 14.0 Å². The lowest BCUT2D eigenvalue weighted by molar-refractivity contribution is 0.0634. The van der Waals surface area contributed by atoms with E-state index in [1.165, 1.54) is 6.07 Å². The Balaban J connectivity index is 2.33. The number of hydrogen-bond donors (Lipinski definition) is 2. The maximum Gasteiger partial charge on any atom is 0.412 e. The van der Waals surface area contributed by atoms with Crippen molar-refractivity contribution in [2.45, 2.75) is 26.4 Å². The number of carbonyl (C=O) groups is 2. The van der Waals surface area contributed by atoms with Crippen molar-refractivity contribution in [2.75, 3.05) is 5.32 Å². The molecule has 0 atom stereocenters. The van der Waals surface area contributed by atoms with Crippen molar-refractivity contribution < 1.29 is 23.8 Å². The lowest BCUT2D eigenvalue weighted by Gasteiger charge is -2.19. The maximum atomic E-state index is 13.5. The van der Waals surface area contributed by atoms with Crippen molar-refractivity contribution >= 4 is 17.7 Å². The number of rotatable bonds is 3. The van der Waals surface area contributed by atoms with Gasteiger partial charge >= 0.3 is 12.1 Å². The number of carboxylic acid groups (broad SMARTS) is 1. The molecule has 1 amide bonds. The van der Waals surface area contributed by atoms with Crippen LogP contribution < -0.4 is 5.32 Å². The molecule has 126 valence electrons. The van der Waals surface area contributed by atoms with Crippen LogP contribution in [0.2, 0.25) is 0 Å². The van der Waals surface area contributed by atoms with Gasteiger partial charge in [0.15, 0.2) is 0 Å². The zero-order valence-electron chi connectivity index (χ0n) is 13.6. The molecule has 0 aromatic heterocycles. The summed E-state index contributed by atoms with van der Waals surface area (Å²) in [5.74, 6) is -1.70. The quantitative estimate of drug-likeness (QED) is 0.866. The molecular weight excluding hydrogens is 313 g/mol. The largest absolute Gasteiger partial charge is 0.478 e. The Morgan fingerprint density at radius 1 is 1.12 bits per heavy atom. The summed E-state index contributed by atoms with van der Waals surface area (Å²) in [6.07, 6.45) is -0.627. The van der Waals surface area contributed by atoms with Crippen molar-refractivity contribution in [3.05, 3.63) is 53.8 Å². The van der Waals surface area contributed by atoms with Crippen LogP contribution in [0.1, 0.15) is 31.1 Å². The van der Waals surface area contributed by atoms with Crippen molar-refractivity contribution in [3.8, 4) is 11.1 Å². The Labute approximate surface area is 139 Å². The predicted octanol–water partition coefficient (Wildman–Crippen LogP) is 4.54. The molecule has 0 saturated heterocycles. The molecule has 0 spiro atoms. The molecule has 0 aliphatic rings. The van der Waals surface area contributed by atoms with Gasteiger partial charge < -0.3 is 9.84 Å². The van der Waals surface area contributed by atoms with E-state index in [4.69, 9.17) is 4.74 Å². The highest BCUT2D eigenvalue weighted by atomic mass is 19.1. The lowest BCUT2D eigenvalue weighted by Crippen LogP contribution is -2.27. The molecule has 2 N–H and O–H groups in total. The highest BCUT2D eigenvalue weighted by molar-refractivity contribution is 5.96. The first-order valence-corrected chi connectivity index (χ1v) is 7.29. The van der Waals surface area contributed by atoms with E-state index in [1.807, 2.05) is 0 Å². The lowest BCUT2D eigenvalue weighted by atomic mass is 9.99. The van der Waals surface area contributed by atoms with Gasteiger partial charge in [0.25, 0.3) is 0 Å². The van der Waals surface area contributed by atoms with Crippen LogP contribution in [0.3, 0.4) is 0 Å². The number of anilines is 1. The van der Waals surface area contributed by atoms with E-state index < -0.39 is 23.5 Å². The summed E-state index contributed by atoms with van der Waals surface area (Å²) in [5.41, 5.74) is 0.463. The van der Waals surface area contributed by atoms with E-state index in [0.29, 0.717) is 11.3 Å². The average Bonchev–Trinajstić information content (AvgIpc) is 2.45. The van der Waals surface area contributed by atoms with Crippen LogP contribution in [0.4, 0.5) is 14.9 Å². The molecule has 5 nitrogen and oxygen atoms in total. The summed E-state index contributed by atoms with van der Waals surface area (Å²) >= 11 is 0. The van der Waals surface area contributed by atoms with Crippen LogP contribution in [0.25, 0.3) is 11.1 Å². The van der Waals surface area contributed by atoms with Gasteiger partial charge in [-0.3, -0.25) is 5.32 Å². The minimum absolute atomic E-state index is 0.0224. The van der Waals surface area contributed by atoms with Gasteiger partial charge in [0, 0.05) is 5.69 Å². The summed E-state index contributed by atoms with van der Waals surface area (Å²) in [4.78, 5) is 23.1. The molecule has 2 rings (SSSR count). The fraction of sp³-hybridized carbons (Fsp3) is 0.222. The summed E-state index contributed by atoms with van der Waals surface area (Å²) in [6.45, 7) is 5.23. The highest BCUT2D eigenvalue weighted by Gasteiger charge is 2.17. The van der Waals surface area contributed by atoms with Crippen LogP contribution in [-0.2, 0) is 4.74 Å². The van der Waals surface area contributed by atoms with Gasteiger partial charge in [0.2, 0.25) is 0 Å². The molecule has 0 bridgehead atoms. The smallest absolute Gasteiger partial charge is 0.412 e. The van der Waals surface area contributed by atoms with Crippen LogP contribution in [0.5, 0.6) is 0 Å². The zero-order chi connectivity index (χ0) is 17.9. The molecule has 0 heterocycles. The van der Waals surface area contributed by atoms with Crippen molar-refractivity contribution in [1.82, 2.24) is 0 Å². The third-order valence-corrected chi connectivity index (χ3v) is 3.03. The highest BCUT2D eigenvalue weighted by Crippen LogP contribution is 2.27. The summed E-state index contributed by atoms with van der Waals surface area (Å²) in [5, 5.41) is 11.8. The Kier molecular flexibility index (Phi) is 4.87. The first kappa shape index (κ1) is 17.5. The van der Waals surface area contributed by atoms with Crippen molar-refractivity contribution in [2.24, 2.45) is 0 Å². The van der Waals surface area contributed by atoms with Gasteiger partial charge in [0.1, 0.15) is 11.4 Å². The number of halogens is 1. The van der Waals surface area contributed by atoms with E-state index in [9.17, 15) is 19.1 Å². The van der Waals surface area contributed by atoms with Crippen LogP contribution in [-0.4, -0.2) is 22.8 Å². The summed E-state index contributed by atoms with van der Waals surface area (Å²) < 4.78 is 18.7. The fourth-order valence-corrected chi connectivity index (χ4v) is 2.13. The Bertz CT molecular complexity index is 781. The van der Waals surface area contributed by atoms with Crippen LogP contribution in [0, 0.1) is 5.82 Å². The maximum absolute atomic E-state index is 13.5. The molecule has 0 aliphatic carbocycles. The number of carbonyl (C=O) groups excluding carboxylic acids is 1. The molecule has 0 fully saturated rings. The normalized spacial score (nSPS) is 11.0. The van der Waals surface area contributed by atoms with E-state index in [-0.39, 0.29) is 11.1 Å². The minimum atomic E-state index is -1.16. The minimum Gasteiger partial charge on any atom is -0.478 e. The zero-order valence-corrected chi connectivity index (χ0v) is 13.6. The first-order chi connectivity index (χ1) is 11.2. The van der Waals surface area contributed by atoms with Gasteiger partial charge in [-0.05, 0) is 62.2 Å². The second kappa shape index (κ2) is 6.70. The molecule has 2 aromatic rings. The van der Waals surface area contributed by atoms with Gasteiger partial charge in [0.05, 0.1) is 5.56 Å². The van der Waals surface area contributed by atoms with Gasteiger partial charge in [-0.1, -0.05) is 12.1 Å². The number of benzene rings is 2. The Hall–Kier alpha value is -2.89. The first-order valence-electron chi connectivity index (χ1n) is 7.29. The Morgan fingerprint density at radius 3 is 2.46 bits per heavy atom. The summed E-state index contributed by atoms with van der Waals surface area (Å²) in [7, 11) is 0. The predicted molar refractivity (Wildman–Crippen MR) is 88.7 cm³/mol. The van der Waals surface area contributed by atoms with E-state index in [2.05, 4.69) is 5.32 Å². The van der Waals surface area contributed by atoms with E-state index in [1.54, 1.807) is 45.0 Å². The Morgan fingerprint density at radius 2 is 1.83 bits per heavy atom. The second-order valence-electron chi connectivity index (χ2n) is 6.20. The third kappa shape index (κ3) is 4.55. The van der Waals surface area contributed by atoms with E-state index >= 15 is 0 Å². The topological polar surface area (TPSA) is 75.6 Å². The molecule has 0 aliphatic heterocycles. The van der Waals surface area contributed by atoms with Gasteiger partial charge in [-0.15, -0.1) is 0 Å². The molecular formula is C18H18FNO4. The number of hydrogen-bond acceptors (Lipinski definition) is 3. The summed E-state index contributed by atoms with van der Waals surface area (Å²) in [6, 6.07) is 9.92. The molecule has 2 aromatic carbocycles. The van der Waals surface area contributed by atoms with Crippen molar-refractivity contribution in [3.63, 3.8) is 0 Å². The second-order valence-corrected chi connectivity index (χ2v) is 6.20. The number of ether oxygens (including phenoxy) is 1. The number of aromatic carboxylic acids is 1. The fourth-order valence-electron chi connectivity index (χ4n) is 2.13. The molecule has 6 heteroatoms. The monoisotopic (exact) mass is 331 g/mol. The number of nitrogens with one attached hydrogen (secondary N) is 1. The van der Waals surface area contributed by atoms with Gasteiger partial charge in [-0.2, -0.15) is 0 Å². The molecule has 24 heavy (non-hydrogen) atoms. The van der Waals surface area contributed by atoms with Crippen LogP contribution >= 0.6 is 0 Å². The molecule has 0 saturated carbocycles. The van der Waals surface area contributed by atoms with E-state index in [0.717, 1.165) is 12.1 Å². The number of carboxylic acids is 1. The average molecular weight is 331 g/mol. The standard InChI is InChI=1S/C18H18FNO4/c1-18(2,3)24-17(23)20-13-6-4-5-11(9-13)15-10-12(19)7-8-14(15)16(21)22/h4-10H,1-3H3,(H,20,23)(H,21,22). The van der Waals surface area contributed by atoms with Crippen molar-refractivity contribution in [1.29, 1.82) is 0 Å². The SMILES string of the molecule is CC(C)(C)OC(=O)Nc1cccc(-c2cc(F)ccc2C(=O)O)c1. The third-order valence-electron chi connectivity index (χ3n) is 3.03. The van der Waals surface area contributed by atoms with Crippen LogP contribution in [0.15, 0.2) is 42.5 Å².